The molecule has 0 aromatic heterocycles. The van der Waals surface area contributed by atoms with Crippen molar-refractivity contribution in [2.75, 3.05) is 18.1 Å². The molecule has 1 saturated heterocycles. The molecule has 0 spiro atoms. The third-order valence-electron chi connectivity index (χ3n) is 3.95. The highest BCUT2D eigenvalue weighted by Gasteiger charge is 2.36. The van der Waals surface area contributed by atoms with Crippen molar-refractivity contribution in [2.24, 2.45) is 0 Å². The van der Waals surface area contributed by atoms with E-state index in [1.54, 1.807) is 4.90 Å². The maximum Gasteiger partial charge on any atom is 0.418 e. The second-order valence-corrected chi connectivity index (χ2v) is 5.39. The third kappa shape index (κ3) is 3.68. The van der Waals surface area contributed by atoms with Gasteiger partial charge in [-0.15, -0.1) is 0 Å². The monoisotopic (exact) mass is 303 g/mol. The van der Waals surface area contributed by atoms with Crippen molar-refractivity contribution < 1.29 is 23.4 Å². The fraction of sp³-hybridized carbons (Fsp3) is 0.600. The summed E-state index contributed by atoms with van der Waals surface area (Å²) in [5.41, 5.74) is -0.406. The summed E-state index contributed by atoms with van der Waals surface area (Å²) in [5.74, 6) is 0. The average Bonchev–Trinajstić information content (AvgIpc) is 2.70. The van der Waals surface area contributed by atoms with Crippen LogP contribution in [0, 0.1) is 0 Å². The van der Waals surface area contributed by atoms with Crippen molar-refractivity contribution in [2.45, 2.75) is 44.5 Å². The highest BCUT2D eigenvalue weighted by atomic mass is 19.4. The maximum absolute atomic E-state index is 13.3. The molecule has 118 valence electrons. The van der Waals surface area contributed by atoms with Crippen molar-refractivity contribution in [1.29, 1.82) is 0 Å². The van der Waals surface area contributed by atoms with E-state index in [9.17, 15) is 18.3 Å². The maximum atomic E-state index is 13.3. The highest BCUT2D eigenvalue weighted by molar-refractivity contribution is 5.57. The number of nitrogens with zero attached hydrogens (tertiary/aromatic N) is 1. The molecule has 1 aromatic rings. The lowest BCUT2D eigenvalue weighted by Gasteiger charge is -2.33. The van der Waals surface area contributed by atoms with Gasteiger partial charge in [0, 0.05) is 12.2 Å². The third-order valence-corrected chi connectivity index (χ3v) is 3.95. The van der Waals surface area contributed by atoms with Crippen molar-refractivity contribution in [1.82, 2.24) is 0 Å². The minimum atomic E-state index is -4.48. The van der Waals surface area contributed by atoms with Crippen LogP contribution < -0.4 is 4.90 Å². The Morgan fingerprint density at radius 3 is 2.52 bits per heavy atom. The van der Waals surface area contributed by atoms with E-state index in [1.165, 1.54) is 12.1 Å². The van der Waals surface area contributed by atoms with Gasteiger partial charge >= 0.3 is 6.18 Å². The Bertz CT molecular complexity index is 476. The Labute approximate surface area is 122 Å². The summed E-state index contributed by atoms with van der Waals surface area (Å²) in [5, 5.41) is 18.5. The first-order valence-electron chi connectivity index (χ1n) is 7.16. The van der Waals surface area contributed by atoms with Crippen molar-refractivity contribution >= 4 is 5.69 Å². The van der Waals surface area contributed by atoms with Gasteiger partial charge in [0.1, 0.15) is 0 Å². The number of alkyl halides is 3. The summed E-state index contributed by atoms with van der Waals surface area (Å²) in [7, 11) is 0. The zero-order valence-electron chi connectivity index (χ0n) is 11.7. The van der Waals surface area contributed by atoms with E-state index in [1.807, 2.05) is 0 Å². The van der Waals surface area contributed by atoms with Gasteiger partial charge in [-0.3, -0.25) is 0 Å². The summed E-state index contributed by atoms with van der Waals surface area (Å²) in [4.78, 5) is 1.66. The SMILES string of the molecule is OCc1ccc(N2CCCCCC2CO)c(C(F)(F)F)c1. The van der Waals surface area contributed by atoms with Crippen LogP contribution in [0.2, 0.25) is 0 Å². The first kappa shape index (κ1) is 16.1. The molecule has 1 aromatic carbocycles. The Balaban J connectivity index is 2.45. The number of benzene rings is 1. The highest BCUT2D eigenvalue weighted by Crippen LogP contribution is 2.39. The number of hydrogen-bond donors (Lipinski definition) is 2. The van der Waals surface area contributed by atoms with Gasteiger partial charge < -0.3 is 15.1 Å². The molecule has 6 heteroatoms. The van der Waals surface area contributed by atoms with Crippen LogP contribution >= 0.6 is 0 Å². The Hall–Kier alpha value is -1.27. The first-order valence-corrected chi connectivity index (χ1v) is 7.16. The van der Waals surface area contributed by atoms with Crippen molar-refractivity contribution in [3.8, 4) is 0 Å². The smallest absolute Gasteiger partial charge is 0.394 e. The van der Waals surface area contributed by atoms with E-state index < -0.39 is 18.3 Å². The second-order valence-electron chi connectivity index (χ2n) is 5.39. The van der Waals surface area contributed by atoms with Gasteiger partial charge in [-0.1, -0.05) is 18.9 Å². The predicted octanol–water partition coefficient (Wildman–Crippen LogP) is 2.94. The topological polar surface area (TPSA) is 43.7 Å². The molecule has 1 unspecified atom stereocenters. The van der Waals surface area contributed by atoms with Crippen LogP contribution in [-0.2, 0) is 12.8 Å². The van der Waals surface area contributed by atoms with Gasteiger partial charge in [0.2, 0.25) is 0 Å². The summed E-state index contributed by atoms with van der Waals surface area (Å²) >= 11 is 0. The lowest BCUT2D eigenvalue weighted by Crippen LogP contribution is -2.38. The molecule has 1 fully saturated rings. The van der Waals surface area contributed by atoms with E-state index in [0.29, 0.717) is 13.0 Å². The summed E-state index contributed by atoms with van der Waals surface area (Å²) in [6.45, 7) is -0.0708. The van der Waals surface area contributed by atoms with Gasteiger partial charge in [0.05, 0.1) is 24.8 Å². The molecule has 21 heavy (non-hydrogen) atoms. The normalized spacial score (nSPS) is 20.4. The zero-order valence-corrected chi connectivity index (χ0v) is 11.7. The van der Waals surface area contributed by atoms with Gasteiger partial charge in [-0.25, -0.2) is 0 Å². The number of hydrogen-bond acceptors (Lipinski definition) is 3. The predicted molar refractivity (Wildman–Crippen MR) is 74.1 cm³/mol. The molecule has 1 aliphatic rings. The summed E-state index contributed by atoms with van der Waals surface area (Å²) in [6.07, 6.45) is -1.10. The van der Waals surface area contributed by atoms with Gasteiger partial charge in [-0.05, 0) is 30.5 Å². The zero-order chi connectivity index (χ0) is 15.5. The Morgan fingerprint density at radius 2 is 1.90 bits per heavy atom. The number of anilines is 1. The Kier molecular flexibility index (Phi) is 5.11. The Morgan fingerprint density at radius 1 is 1.14 bits per heavy atom. The van der Waals surface area contributed by atoms with Crippen LogP contribution in [-0.4, -0.2) is 29.4 Å². The number of aliphatic hydroxyl groups is 2. The molecule has 2 N–H and O–H groups in total. The van der Waals surface area contributed by atoms with Crippen LogP contribution in [0.3, 0.4) is 0 Å². The number of rotatable bonds is 3. The van der Waals surface area contributed by atoms with Crippen LogP contribution in [0.4, 0.5) is 18.9 Å². The lowest BCUT2D eigenvalue weighted by molar-refractivity contribution is -0.137. The van der Waals surface area contributed by atoms with Crippen LogP contribution in [0.25, 0.3) is 0 Å². The molecule has 1 aliphatic heterocycles. The molecule has 3 nitrogen and oxygen atoms in total. The van der Waals surface area contributed by atoms with Gasteiger partial charge in [0.15, 0.2) is 0 Å². The molecule has 1 heterocycles. The van der Waals surface area contributed by atoms with Gasteiger partial charge in [-0.2, -0.15) is 13.2 Å². The van der Waals surface area contributed by atoms with E-state index in [4.69, 9.17) is 5.11 Å². The molecule has 0 saturated carbocycles. The minimum Gasteiger partial charge on any atom is -0.394 e. The van der Waals surface area contributed by atoms with Crippen LogP contribution in [0.1, 0.15) is 36.8 Å². The first-order chi connectivity index (χ1) is 9.97. The van der Waals surface area contributed by atoms with Crippen LogP contribution in [0.5, 0.6) is 0 Å². The van der Waals surface area contributed by atoms with Crippen LogP contribution in [0.15, 0.2) is 18.2 Å². The molecule has 0 aliphatic carbocycles. The van der Waals surface area contributed by atoms with E-state index in [-0.39, 0.29) is 23.9 Å². The van der Waals surface area contributed by atoms with Crippen molar-refractivity contribution in [3.63, 3.8) is 0 Å². The summed E-state index contributed by atoms with van der Waals surface area (Å²) < 4.78 is 39.8. The lowest BCUT2D eigenvalue weighted by atomic mass is 10.0. The fourth-order valence-corrected chi connectivity index (χ4v) is 2.84. The molecule has 0 bridgehead atoms. The quantitative estimate of drug-likeness (QED) is 0.902. The van der Waals surface area contributed by atoms with Crippen molar-refractivity contribution in [3.05, 3.63) is 29.3 Å². The van der Waals surface area contributed by atoms with E-state index in [2.05, 4.69) is 0 Å². The number of aliphatic hydroxyl groups excluding tert-OH is 2. The molecule has 0 radical (unpaired) electrons. The average molecular weight is 303 g/mol. The minimum absolute atomic E-state index is 0.0978. The van der Waals surface area contributed by atoms with E-state index in [0.717, 1.165) is 25.3 Å². The molecular weight excluding hydrogens is 283 g/mol. The summed E-state index contributed by atoms with van der Waals surface area (Å²) in [6, 6.07) is 3.62. The molecule has 1 atom stereocenters. The number of halogens is 3. The fourth-order valence-electron chi connectivity index (χ4n) is 2.84. The molecule has 2 rings (SSSR count). The molecular formula is C15H20F3NO2. The largest absolute Gasteiger partial charge is 0.418 e. The second kappa shape index (κ2) is 6.66. The van der Waals surface area contributed by atoms with Gasteiger partial charge in [0.25, 0.3) is 0 Å². The van der Waals surface area contributed by atoms with E-state index >= 15 is 0 Å². The molecule has 0 amide bonds. The standard InChI is InChI=1S/C15H20F3NO2/c16-15(17,18)13-8-11(9-20)5-6-14(13)19-7-3-1-2-4-12(19)10-21/h5-6,8,12,20-21H,1-4,7,9-10H2.